The molecular formula is C21H22N4O6. The third-order valence-electron chi connectivity index (χ3n) is 4.85. The molecule has 3 rings (SSSR count). The minimum atomic E-state index is -1.42. The van der Waals surface area contributed by atoms with Crippen molar-refractivity contribution in [3.05, 3.63) is 48.0 Å². The standard InChI is InChI=1S/C21H22N4O6/c1-12-18(13(2)31-23-12)14-5-4-6-15(11-14)25(21(30)22-9-7-17(27)28)19-16(26)8-10-24(3)20(19)29/h4-6,8,10-11,19H,7,9H2,1-3H3,(H,22,30)(H,27,28). The van der Waals surface area contributed by atoms with Crippen LogP contribution in [-0.2, 0) is 14.4 Å². The summed E-state index contributed by atoms with van der Waals surface area (Å²) in [4.78, 5) is 51.4. The molecule has 10 heteroatoms. The first-order valence-electron chi connectivity index (χ1n) is 9.51. The topological polar surface area (TPSA) is 133 Å². The van der Waals surface area contributed by atoms with Crippen LogP contribution in [0.25, 0.3) is 11.1 Å². The predicted octanol–water partition coefficient (Wildman–Crippen LogP) is 1.87. The Morgan fingerprint density at radius 1 is 1.29 bits per heavy atom. The maximum atomic E-state index is 13.0. The van der Waals surface area contributed by atoms with E-state index < -0.39 is 29.7 Å². The van der Waals surface area contributed by atoms with Gasteiger partial charge in [-0.15, -0.1) is 0 Å². The van der Waals surface area contributed by atoms with E-state index in [1.54, 1.807) is 38.1 Å². The molecule has 0 saturated carbocycles. The highest BCUT2D eigenvalue weighted by Crippen LogP contribution is 2.31. The van der Waals surface area contributed by atoms with Crippen LogP contribution < -0.4 is 10.2 Å². The number of ketones is 1. The highest BCUT2D eigenvalue weighted by molar-refractivity contribution is 6.19. The molecule has 0 fully saturated rings. The van der Waals surface area contributed by atoms with Crippen molar-refractivity contribution in [2.75, 3.05) is 18.5 Å². The Morgan fingerprint density at radius 3 is 2.68 bits per heavy atom. The number of aromatic nitrogens is 1. The number of urea groups is 1. The largest absolute Gasteiger partial charge is 0.481 e. The van der Waals surface area contributed by atoms with Crippen molar-refractivity contribution < 1.29 is 28.8 Å². The molecule has 31 heavy (non-hydrogen) atoms. The Bertz CT molecular complexity index is 1050. The normalized spacial score (nSPS) is 15.8. The Morgan fingerprint density at radius 2 is 2.03 bits per heavy atom. The second-order valence-electron chi connectivity index (χ2n) is 7.06. The van der Waals surface area contributed by atoms with Gasteiger partial charge in [0.15, 0.2) is 11.8 Å². The zero-order chi connectivity index (χ0) is 22.7. The fourth-order valence-corrected chi connectivity index (χ4v) is 3.35. The Balaban J connectivity index is 2.04. The van der Waals surface area contributed by atoms with Gasteiger partial charge < -0.3 is 19.8 Å². The summed E-state index contributed by atoms with van der Waals surface area (Å²) >= 11 is 0. The van der Waals surface area contributed by atoms with Crippen molar-refractivity contribution in [1.29, 1.82) is 0 Å². The second-order valence-corrected chi connectivity index (χ2v) is 7.06. The van der Waals surface area contributed by atoms with E-state index in [1.165, 1.54) is 24.2 Å². The number of anilines is 1. The zero-order valence-corrected chi connectivity index (χ0v) is 17.3. The van der Waals surface area contributed by atoms with Crippen LogP contribution in [0.5, 0.6) is 0 Å². The third-order valence-corrected chi connectivity index (χ3v) is 4.85. The molecule has 1 aliphatic rings. The maximum absolute atomic E-state index is 13.0. The summed E-state index contributed by atoms with van der Waals surface area (Å²) in [5, 5.41) is 15.2. The minimum Gasteiger partial charge on any atom is -0.481 e. The van der Waals surface area contributed by atoms with E-state index in [0.29, 0.717) is 22.7 Å². The number of hydrogen-bond acceptors (Lipinski definition) is 6. The summed E-state index contributed by atoms with van der Waals surface area (Å²) in [7, 11) is 1.49. The minimum absolute atomic E-state index is 0.158. The first-order valence-corrected chi connectivity index (χ1v) is 9.51. The van der Waals surface area contributed by atoms with E-state index in [2.05, 4.69) is 10.5 Å². The number of nitrogens with zero attached hydrogens (tertiary/aromatic N) is 3. The number of aliphatic carboxylic acids is 1. The van der Waals surface area contributed by atoms with Crippen molar-refractivity contribution in [1.82, 2.24) is 15.4 Å². The lowest BCUT2D eigenvalue weighted by Crippen LogP contribution is -2.57. The summed E-state index contributed by atoms with van der Waals surface area (Å²) in [5.74, 6) is -1.64. The van der Waals surface area contributed by atoms with Gasteiger partial charge in [0.2, 0.25) is 0 Å². The Kier molecular flexibility index (Phi) is 6.19. The Hall–Kier alpha value is -3.95. The van der Waals surface area contributed by atoms with Gasteiger partial charge in [0.1, 0.15) is 5.76 Å². The fourth-order valence-electron chi connectivity index (χ4n) is 3.35. The molecule has 0 radical (unpaired) electrons. The lowest BCUT2D eigenvalue weighted by Gasteiger charge is -2.33. The monoisotopic (exact) mass is 426 g/mol. The number of nitrogens with one attached hydrogen (secondary N) is 1. The number of carbonyl (C=O) groups is 4. The van der Waals surface area contributed by atoms with Crippen molar-refractivity contribution in [3.8, 4) is 11.1 Å². The molecule has 2 aromatic rings. The highest BCUT2D eigenvalue weighted by Gasteiger charge is 2.39. The second kappa shape index (κ2) is 8.82. The molecule has 0 bridgehead atoms. The van der Waals surface area contributed by atoms with Crippen LogP contribution in [-0.4, -0.2) is 58.5 Å². The molecule has 0 spiro atoms. The van der Waals surface area contributed by atoms with Gasteiger partial charge in [-0.25, -0.2) is 4.79 Å². The number of likely N-dealkylation sites (N-methyl/N-ethyl adjacent to an activating group) is 1. The van der Waals surface area contributed by atoms with Gasteiger partial charge in [-0.2, -0.15) is 0 Å². The van der Waals surface area contributed by atoms with Crippen LogP contribution in [0.2, 0.25) is 0 Å². The van der Waals surface area contributed by atoms with Crippen molar-refractivity contribution in [2.45, 2.75) is 26.3 Å². The molecule has 10 nitrogen and oxygen atoms in total. The van der Waals surface area contributed by atoms with Crippen molar-refractivity contribution >= 4 is 29.4 Å². The summed E-state index contributed by atoms with van der Waals surface area (Å²) in [5.41, 5.74) is 2.38. The molecule has 0 aliphatic carbocycles. The molecule has 1 atom stereocenters. The molecule has 1 unspecified atom stereocenters. The smallest absolute Gasteiger partial charge is 0.323 e. The van der Waals surface area contributed by atoms with Gasteiger partial charge >= 0.3 is 12.0 Å². The number of rotatable bonds is 6. The lowest BCUT2D eigenvalue weighted by atomic mass is 10.0. The van der Waals surface area contributed by atoms with Crippen LogP contribution in [0.1, 0.15) is 17.9 Å². The van der Waals surface area contributed by atoms with Gasteiger partial charge in [0.05, 0.1) is 12.1 Å². The molecule has 1 aromatic carbocycles. The number of benzene rings is 1. The number of amides is 3. The van der Waals surface area contributed by atoms with Gasteiger partial charge in [-0.3, -0.25) is 19.3 Å². The van der Waals surface area contributed by atoms with Gasteiger partial charge in [0, 0.05) is 37.1 Å². The van der Waals surface area contributed by atoms with Gasteiger partial charge in [0.25, 0.3) is 5.91 Å². The molecule has 2 N–H and O–H groups in total. The summed E-state index contributed by atoms with van der Waals surface area (Å²) in [6.45, 7) is 3.38. The van der Waals surface area contributed by atoms with E-state index in [4.69, 9.17) is 9.63 Å². The van der Waals surface area contributed by atoms with E-state index in [1.807, 2.05) is 0 Å². The summed E-state index contributed by atoms with van der Waals surface area (Å²) in [6.07, 6.45) is 2.26. The molecular weight excluding hydrogens is 404 g/mol. The van der Waals surface area contributed by atoms with E-state index in [9.17, 15) is 19.2 Å². The molecule has 3 amide bonds. The molecule has 0 saturated heterocycles. The first kappa shape index (κ1) is 21.8. The highest BCUT2D eigenvalue weighted by atomic mass is 16.5. The summed E-state index contributed by atoms with van der Waals surface area (Å²) in [6, 6.07) is 4.56. The molecule has 1 aromatic heterocycles. The Labute approximate surface area is 178 Å². The number of carboxylic acids is 1. The summed E-state index contributed by atoms with van der Waals surface area (Å²) < 4.78 is 5.22. The van der Waals surface area contributed by atoms with E-state index in [0.717, 1.165) is 10.5 Å². The number of hydrogen-bond donors (Lipinski definition) is 2. The predicted molar refractivity (Wildman–Crippen MR) is 110 cm³/mol. The average molecular weight is 426 g/mol. The number of carboxylic acid groups (broad SMARTS) is 1. The average Bonchev–Trinajstić information content (AvgIpc) is 3.06. The fraction of sp³-hybridized carbons (Fsp3) is 0.286. The number of aryl methyl sites for hydroxylation is 2. The molecule has 1 aliphatic heterocycles. The quantitative estimate of drug-likeness (QED) is 0.674. The van der Waals surface area contributed by atoms with E-state index >= 15 is 0 Å². The van der Waals surface area contributed by atoms with Crippen LogP contribution in [0.4, 0.5) is 10.5 Å². The zero-order valence-electron chi connectivity index (χ0n) is 17.3. The third kappa shape index (κ3) is 4.47. The maximum Gasteiger partial charge on any atom is 0.323 e. The van der Waals surface area contributed by atoms with Crippen LogP contribution in [0.15, 0.2) is 41.1 Å². The van der Waals surface area contributed by atoms with Gasteiger partial charge in [-0.05, 0) is 31.5 Å². The lowest BCUT2D eigenvalue weighted by molar-refractivity contribution is -0.137. The van der Waals surface area contributed by atoms with Crippen molar-refractivity contribution in [3.63, 3.8) is 0 Å². The van der Waals surface area contributed by atoms with E-state index in [-0.39, 0.29) is 13.0 Å². The SMILES string of the molecule is Cc1noc(C)c1-c1cccc(N(C(=O)NCCC(=O)O)C2C(=O)C=CN(C)C2=O)c1. The first-order chi connectivity index (χ1) is 14.7. The number of carbonyl (C=O) groups excluding carboxylic acids is 3. The van der Waals surface area contributed by atoms with Crippen LogP contribution in [0.3, 0.4) is 0 Å². The van der Waals surface area contributed by atoms with Gasteiger partial charge in [-0.1, -0.05) is 17.3 Å². The molecule has 2 heterocycles. The van der Waals surface area contributed by atoms with Crippen LogP contribution in [0, 0.1) is 13.8 Å². The van der Waals surface area contributed by atoms with Crippen molar-refractivity contribution in [2.24, 2.45) is 0 Å². The molecule has 162 valence electrons. The van der Waals surface area contributed by atoms with Crippen LogP contribution >= 0.6 is 0 Å².